The van der Waals surface area contributed by atoms with Crippen LogP contribution in [-0.2, 0) is 4.79 Å². The first kappa shape index (κ1) is 18.3. The number of hydrogen-bond donors (Lipinski definition) is 2. The summed E-state index contributed by atoms with van der Waals surface area (Å²) in [5, 5.41) is 21.1. The molecule has 2 rings (SSSR count). The zero-order valence-corrected chi connectivity index (χ0v) is 14.8. The van der Waals surface area contributed by atoms with Crippen LogP contribution in [-0.4, -0.2) is 17.6 Å². The third-order valence-corrected chi connectivity index (χ3v) is 3.73. The molecule has 0 spiro atoms. The number of nitriles is 1. The first-order valence-electron chi connectivity index (χ1n) is 7.29. The van der Waals surface area contributed by atoms with E-state index in [1.54, 1.807) is 36.4 Å². The molecule has 126 valence electrons. The number of halogens is 1. The lowest BCUT2D eigenvalue weighted by atomic mass is 10.1. The van der Waals surface area contributed by atoms with Gasteiger partial charge >= 0.3 is 0 Å². The lowest BCUT2D eigenvalue weighted by Gasteiger charge is -2.07. The zero-order chi connectivity index (χ0) is 18.2. The van der Waals surface area contributed by atoms with Gasteiger partial charge in [0.15, 0.2) is 0 Å². The Kier molecular flexibility index (Phi) is 6.38. The van der Waals surface area contributed by atoms with Gasteiger partial charge in [-0.3, -0.25) is 4.79 Å². The van der Waals surface area contributed by atoms with Gasteiger partial charge in [0, 0.05) is 5.69 Å². The highest BCUT2D eigenvalue weighted by atomic mass is 79.9. The number of nitrogens with zero attached hydrogens (tertiary/aromatic N) is 1. The molecular formula is C19H15BrN2O3. The average molecular weight is 399 g/mol. The van der Waals surface area contributed by atoms with Crippen LogP contribution in [0.2, 0.25) is 0 Å². The second-order valence-corrected chi connectivity index (χ2v) is 5.81. The summed E-state index contributed by atoms with van der Waals surface area (Å²) in [5.41, 5.74) is 1.12. The van der Waals surface area contributed by atoms with Gasteiger partial charge in [-0.25, -0.2) is 0 Å². The lowest BCUT2D eigenvalue weighted by Crippen LogP contribution is -2.13. The van der Waals surface area contributed by atoms with Crippen LogP contribution in [0.4, 0.5) is 5.69 Å². The summed E-state index contributed by atoms with van der Waals surface area (Å²) < 4.78 is 6.17. The van der Waals surface area contributed by atoms with Crippen molar-refractivity contribution in [3.63, 3.8) is 0 Å². The van der Waals surface area contributed by atoms with E-state index in [4.69, 9.17) is 4.74 Å². The van der Waals surface area contributed by atoms with Gasteiger partial charge in [0.05, 0.1) is 4.47 Å². The lowest BCUT2D eigenvalue weighted by molar-refractivity contribution is -0.112. The Bertz CT molecular complexity index is 852. The number of hydrogen-bond acceptors (Lipinski definition) is 4. The summed E-state index contributed by atoms with van der Waals surface area (Å²) in [6.45, 7) is 3.97. The SMILES string of the molecule is C=CCOc1ccc(/C=C(\C#N)C(=O)Nc2ccc(O)cc2)cc1Br. The van der Waals surface area contributed by atoms with Crippen molar-refractivity contribution in [3.05, 3.63) is 70.7 Å². The van der Waals surface area contributed by atoms with Gasteiger partial charge in [0.1, 0.15) is 29.7 Å². The molecule has 5 nitrogen and oxygen atoms in total. The molecule has 6 heteroatoms. The number of nitrogens with one attached hydrogen (secondary N) is 1. The molecule has 2 aromatic carbocycles. The molecule has 0 unspecified atom stereocenters. The van der Waals surface area contributed by atoms with E-state index >= 15 is 0 Å². The first-order chi connectivity index (χ1) is 12.0. The third kappa shape index (κ3) is 5.23. The summed E-state index contributed by atoms with van der Waals surface area (Å²) in [4.78, 5) is 12.2. The molecule has 0 bridgehead atoms. The van der Waals surface area contributed by atoms with Crippen molar-refractivity contribution in [1.82, 2.24) is 0 Å². The molecule has 2 N–H and O–H groups in total. The number of benzene rings is 2. The van der Waals surface area contributed by atoms with Crippen molar-refractivity contribution in [3.8, 4) is 17.6 Å². The van der Waals surface area contributed by atoms with Crippen LogP contribution >= 0.6 is 15.9 Å². The number of ether oxygens (including phenoxy) is 1. The van der Waals surface area contributed by atoms with Crippen LogP contribution in [0.15, 0.2) is 65.2 Å². The molecule has 0 fully saturated rings. The van der Waals surface area contributed by atoms with Gasteiger partial charge in [-0.05, 0) is 64.0 Å². The number of aromatic hydroxyl groups is 1. The Hall–Kier alpha value is -3.04. The van der Waals surface area contributed by atoms with Crippen LogP contribution in [0.1, 0.15) is 5.56 Å². The predicted octanol–water partition coefficient (Wildman–Crippen LogP) is 4.27. The van der Waals surface area contributed by atoms with E-state index in [0.717, 1.165) is 0 Å². The molecular weight excluding hydrogens is 384 g/mol. The van der Waals surface area contributed by atoms with Crippen molar-refractivity contribution in [2.45, 2.75) is 0 Å². The van der Waals surface area contributed by atoms with E-state index < -0.39 is 5.91 Å². The second-order valence-electron chi connectivity index (χ2n) is 4.96. The summed E-state index contributed by atoms with van der Waals surface area (Å²) in [6, 6.07) is 13.1. The van der Waals surface area contributed by atoms with Crippen LogP contribution in [0.25, 0.3) is 6.08 Å². The Balaban J connectivity index is 2.17. The molecule has 0 saturated heterocycles. The highest BCUT2D eigenvalue weighted by Crippen LogP contribution is 2.27. The van der Waals surface area contributed by atoms with E-state index in [-0.39, 0.29) is 11.3 Å². The second kappa shape index (κ2) is 8.71. The number of phenols is 1. The highest BCUT2D eigenvalue weighted by molar-refractivity contribution is 9.10. The largest absolute Gasteiger partial charge is 0.508 e. The van der Waals surface area contributed by atoms with Crippen LogP contribution in [0.5, 0.6) is 11.5 Å². The monoisotopic (exact) mass is 398 g/mol. The Labute approximate surface area is 154 Å². The number of rotatable bonds is 6. The summed E-state index contributed by atoms with van der Waals surface area (Å²) in [7, 11) is 0. The van der Waals surface area contributed by atoms with Gasteiger partial charge in [0.25, 0.3) is 5.91 Å². The molecule has 1 amide bonds. The maximum absolute atomic E-state index is 12.2. The Morgan fingerprint density at radius 3 is 2.64 bits per heavy atom. The molecule has 0 aromatic heterocycles. The van der Waals surface area contributed by atoms with Crippen molar-refractivity contribution < 1.29 is 14.6 Å². The summed E-state index contributed by atoms with van der Waals surface area (Å²) in [6.07, 6.45) is 3.12. The molecule has 0 radical (unpaired) electrons. The normalized spacial score (nSPS) is 10.6. The first-order valence-corrected chi connectivity index (χ1v) is 8.08. The molecule has 0 aliphatic rings. The third-order valence-electron chi connectivity index (χ3n) is 3.11. The molecule has 0 aliphatic carbocycles. The van der Waals surface area contributed by atoms with Crippen LogP contribution in [0, 0.1) is 11.3 Å². The minimum Gasteiger partial charge on any atom is -0.508 e. The molecule has 0 atom stereocenters. The van der Waals surface area contributed by atoms with Crippen molar-refractivity contribution in [2.24, 2.45) is 0 Å². The van der Waals surface area contributed by atoms with Crippen molar-refractivity contribution in [1.29, 1.82) is 5.26 Å². The standard InChI is InChI=1S/C19H15BrN2O3/c1-2-9-25-18-8-3-13(11-17(18)20)10-14(12-21)19(24)22-15-4-6-16(23)7-5-15/h2-8,10-11,23H,1,9H2,(H,22,24)/b14-10+. The Morgan fingerprint density at radius 1 is 1.32 bits per heavy atom. The predicted molar refractivity (Wildman–Crippen MR) is 100 cm³/mol. The fourth-order valence-corrected chi connectivity index (χ4v) is 2.44. The van der Waals surface area contributed by atoms with E-state index in [1.807, 2.05) is 6.07 Å². The molecule has 0 saturated carbocycles. The van der Waals surface area contributed by atoms with Gasteiger partial charge in [-0.1, -0.05) is 18.7 Å². The topological polar surface area (TPSA) is 82.3 Å². The molecule has 2 aromatic rings. The van der Waals surface area contributed by atoms with Crippen LogP contribution < -0.4 is 10.1 Å². The van der Waals surface area contributed by atoms with Gasteiger partial charge in [0.2, 0.25) is 0 Å². The number of anilines is 1. The van der Waals surface area contributed by atoms with E-state index in [1.165, 1.54) is 18.2 Å². The van der Waals surface area contributed by atoms with Gasteiger partial charge in [-0.2, -0.15) is 5.26 Å². The van der Waals surface area contributed by atoms with Gasteiger partial charge < -0.3 is 15.2 Å². The van der Waals surface area contributed by atoms with Crippen molar-refractivity contribution >= 4 is 33.6 Å². The number of carbonyl (C=O) groups is 1. The van der Waals surface area contributed by atoms with E-state index in [2.05, 4.69) is 27.8 Å². The minimum atomic E-state index is -0.531. The fraction of sp³-hybridized carbons (Fsp3) is 0.0526. The minimum absolute atomic E-state index is 0.0419. The van der Waals surface area contributed by atoms with Gasteiger partial charge in [-0.15, -0.1) is 0 Å². The van der Waals surface area contributed by atoms with E-state index in [0.29, 0.717) is 28.1 Å². The molecule has 0 aliphatic heterocycles. The van der Waals surface area contributed by atoms with Crippen LogP contribution in [0.3, 0.4) is 0 Å². The summed E-state index contributed by atoms with van der Waals surface area (Å²) >= 11 is 3.39. The van der Waals surface area contributed by atoms with E-state index in [9.17, 15) is 15.2 Å². The summed E-state index contributed by atoms with van der Waals surface area (Å²) in [5.74, 6) is 0.207. The maximum Gasteiger partial charge on any atom is 0.266 e. The zero-order valence-electron chi connectivity index (χ0n) is 13.2. The highest BCUT2D eigenvalue weighted by Gasteiger charge is 2.10. The quantitative estimate of drug-likeness (QED) is 0.329. The number of phenolic OH excluding ortho intramolecular Hbond substituents is 1. The molecule has 25 heavy (non-hydrogen) atoms. The maximum atomic E-state index is 12.2. The number of carbonyl (C=O) groups excluding carboxylic acids is 1. The Morgan fingerprint density at radius 2 is 2.04 bits per heavy atom. The molecule has 0 heterocycles. The smallest absolute Gasteiger partial charge is 0.266 e. The fourth-order valence-electron chi connectivity index (χ4n) is 1.93. The number of amides is 1. The average Bonchev–Trinajstić information content (AvgIpc) is 2.60. The van der Waals surface area contributed by atoms with Crippen molar-refractivity contribution in [2.75, 3.05) is 11.9 Å².